The van der Waals surface area contributed by atoms with E-state index < -0.39 is 0 Å². The molecule has 0 atom stereocenters. The van der Waals surface area contributed by atoms with Crippen molar-refractivity contribution in [1.82, 2.24) is 15.1 Å². The zero-order valence-corrected chi connectivity index (χ0v) is 16.9. The number of benzene rings is 1. The molecule has 7 heteroatoms. The smallest absolute Gasteiger partial charge is 0.322 e. The molecule has 1 aromatic rings. The number of oxime groups is 1. The van der Waals surface area contributed by atoms with Crippen molar-refractivity contribution in [2.24, 2.45) is 5.16 Å². The standard InChI is InChI=1S/C22H27N5O2/c1-26(2)22(16-6-4-3-5-7-16)12-10-21(11-13-22)15-27(20(28)24-21)17-8-9-19(25-29)18(23)14-17/h3-9,14,23,29H,10-13,15H2,1-2H3,(H,24,28)/b23-18?,25-19-/t21-,22+. The molecule has 1 aromatic carbocycles. The Labute approximate surface area is 170 Å². The van der Waals surface area contributed by atoms with Crippen molar-refractivity contribution in [2.75, 3.05) is 20.6 Å². The van der Waals surface area contributed by atoms with Gasteiger partial charge in [0.05, 0.1) is 17.8 Å². The van der Waals surface area contributed by atoms with Gasteiger partial charge in [-0.2, -0.15) is 0 Å². The Kier molecular flexibility index (Phi) is 4.78. The van der Waals surface area contributed by atoms with Crippen LogP contribution in [0.1, 0.15) is 31.2 Å². The van der Waals surface area contributed by atoms with Crippen LogP contribution in [0.2, 0.25) is 0 Å². The van der Waals surface area contributed by atoms with E-state index in [-0.39, 0.29) is 28.5 Å². The van der Waals surface area contributed by atoms with Gasteiger partial charge in [0.15, 0.2) is 0 Å². The number of nitrogens with one attached hydrogen (secondary N) is 2. The summed E-state index contributed by atoms with van der Waals surface area (Å²) in [5.74, 6) is 0. The molecule has 1 heterocycles. The second-order valence-corrected chi connectivity index (χ2v) is 8.39. The molecule has 1 saturated carbocycles. The monoisotopic (exact) mass is 393 g/mol. The first-order valence-corrected chi connectivity index (χ1v) is 9.93. The van der Waals surface area contributed by atoms with Gasteiger partial charge in [-0.25, -0.2) is 4.79 Å². The molecule has 0 bridgehead atoms. The van der Waals surface area contributed by atoms with Crippen LogP contribution in [0.25, 0.3) is 0 Å². The van der Waals surface area contributed by atoms with Crippen molar-refractivity contribution in [3.63, 3.8) is 0 Å². The summed E-state index contributed by atoms with van der Waals surface area (Å²) >= 11 is 0. The molecule has 2 fully saturated rings. The lowest BCUT2D eigenvalue weighted by atomic mass is 9.69. The molecule has 1 saturated heterocycles. The van der Waals surface area contributed by atoms with Crippen LogP contribution >= 0.6 is 0 Å². The lowest BCUT2D eigenvalue weighted by Crippen LogP contribution is -2.54. The second-order valence-electron chi connectivity index (χ2n) is 8.39. The fourth-order valence-corrected chi connectivity index (χ4v) is 4.86. The average molecular weight is 393 g/mol. The molecular formula is C22H27N5O2. The third-order valence-electron chi connectivity index (χ3n) is 6.68. The first-order chi connectivity index (χ1) is 13.9. The molecule has 4 rings (SSSR count). The summed E-state index contributed by atoms with van der Waals surface area (Å²) in [5.41, 5.74) is 1.99. The van der Waals surface area contributed by atoms with E-state index in [2.05, 4.69) is 53.7 Å². The van der Waals surface area contributed by atoms with E-state index in [0.717, 1.165) is 25.7 Å². The van der Waals surface area contributed by atoms with E-state index in [1.54, 1.807) is 23.1 Å². The summed E-state index contributed by atoms with van der Waals surface area (Å²) in [5, 5.41) is 23.2. The van der Waals surface area contributed by atoms with Gasteiger partial charge in [0.2, 0.25) is 0 Å². The summed E-state index contributed by atoms with van der Waals surface area (Å²) in [6, 6.07) is 10.5. The number of rotatable bonds is 3. The summed E-state index contributed by atoms with van der Waals surface area (Å²) in [6.45, 7) is 0.583. The van der Waals surface area contributed by atoms with Gasteiger partial charge in [-0.1, -0.05) is 35.5 Å². The third kappa shape index (κ3) is 3.25. The number of hydrogen-bond acceptors (Lipinski definition) is 5. The second kappa shape index (κ2) is 7.15. The molecule has 1 spiro atoms. The van der Waals surface area contributed by atoms with E-state index in [1.807, 2.05) is 6.07 Å². The molecule has 29 heavy (non-hydrogen) atoms. The summed E-state index contributed by atoms with van der Waals surface area (Å²) in [7, 11) is 4.27. The highest BCUT2D eigenvalue weighted by Crippen LogP contribution is 2.46. The molecule has 0 radical (unpaired) electrons. The van der Waals surface area contributed by atoms with Crippen LogP contribution in [0.5, 0.6) is 0 Å². The topological polar surface area (TPSA) is 92.0 Å². The van der Waals surface area contributed by atoms with E-state index in [9.17, 15) is 4.79 Å². The maximum absolute atomic E-state index is 12.7. The molecule has 2 aliphatic carbocycles. The Bertz CT molecular complexity index is 908. The Balaban J connectivity index is 1.53. The van der Waals surface area contributed by atoms with Crippen LogP contribution in [-0.2, 0) is 5.54 Å². The van der Waals surface area contributed by atoms with Crippen LogP contribution in [0.3, 0.4) is 0 Å². The molecule has 0 unspecified atom stereocenters. The average Bonchev–Trinajstić information content (AvgIpc) is 3.05. The predicted molar refractivity (Wildman–Crippen MR) is 112 cm³/mol. The summed E-state index contributed by atoms with van der Waals surface area (Å²) in [4.78, 5) is 16.8. The van der Waals surface area contributed by atoms with Gasteiger partial charge in [-0.15, -0.1) is 0 Å². The highest BCUT2D eigenvalue weighted by Gasteiger charge is 2.50. The number of allylic oxidation sites excluding steroid dienone is 3. The molecule has 3 aliphatic rings. The highest BCUT2D eigenvalue weighted by molar-refractivity contribution is 6.50. The van der Waals surface area contributed by atoms with Gasteiger partial charge < -0.3 is 10.5 Å². The number of urea groups is 1. The van der Waals surface area contributed by atoms with Gasteiger partial charge in [-0.05, 0) is 63.6 Å². The quantitative estimate of drug-likeness (QED) is 0.419. The molecule has 152 valence electrons. The van der Waals surface area contributed by atoms with E-state index in [1.165, 1.54) is 5.56 Å². The van der Waals surface area contributed by atoms with Crippen LogP contribution in [0.15, 0.2) is 59.4 Å². The van der Waals surface area contributed by atoms with Gasteiger partial charge in [0, 0.05) is 11.2 Å². The lowest BCUT2D eigenvalue weighted by Gasteiger charge is -2.48. The first-order valence-electron chi connectivity index (χ1n) is 9.93. The maximum atomic E-state index is 12.7. The minimum absolute atomic E-state index is 0.0245. The lowest BCUT2D eigenvalue weighted by molar-refractivity contribution is 0.0630. The molecular weight excluding hydrogens is 366 g/mol. The Morgan fingerprint density at radius 3 is 2.41 bits per heavy atom. The number of amides is 2. The SMILES string of the molecule is CN(C)[C@]1(c2ccccc2)CC[C@]2(CC1)CN(C1=CC(=N)/C(=N\O)C=C1)C(=O)N2. The van der Waals surface area contributed by atoms with Crippen molar-refractivity contribution >= 4 is 17.5 Å². The van der Waals surface area contributed by atoms with E-state index >= 15 is 0 Å². The highest BCUT2D eigenvalue weighted by atomic mass is 16.4. The van der Waals surface area contributed by atoms with Gasteiger partial charge in [0.1, 0.15) is 5.71 Å². The zero-order valence-electron chi connectivity index (χ0n) is 16.9. The minimum Gasteiger partial charge on any atom is -0.410 e. The summed E-state index contributed by atoms with van der Waals surface area (Å²) in [6.07, 6.45) is 8.56. The van der Waals surface area contributed by atoms with Crippen LogP contribution in [0.4, 0.5) is 4.79 Å². The van der Waals surface area contributed by atoms with Crippen molar-refractivity contribution in [3.05, 3.63) is 59.8 Å². The summed E-state index contributed by atoms with van der Waals surface area (Å²) < 4.78 is 0. The number of carbonyl (C=O) groups is 1. The van der Waals surface area contributed by atoms with Crippen molar-refractivity contribution < 1.29 is 10.0 Å². The molecule has 0 aromatic heterocycles. The number of carbonyl (C=O) groups excluding carboxylic acids is 1. The zero-order chi connectivity index (χ0) is 20.6. The van der Waals surface area contributed by atoms with Crippen LogP contribution in [-0.4, -0.2) is 58.6 Å². The Morgan fingerprint density at radius 1 is 1.14 bits per heavy atom. The fourth-order valence-electron chi connectivity index (χ4n) is 4.86. The largest absolute Gasteiger partial charge is 0.410 e. The fraction of sp³-hybridized carbons (Fsp3) is 0.409. The third-order valence-corrected chi connectivity index (χ3v) is 6.68. The van der Waals surface area contributed by atoms with Crippen molar-refractivity contribution in [3.8, 4) is 0 Å². The minimum atomic E-state index is -0.256. The number of hydrogen-bond donors (Lipinski definition) is 3. The number of nitrogens with zero attached hydrogens (tertiary/aromatic N) is 3. The molecule has 3 N–H and O–H groups in total. The van der Waals surface area contributed by atoms with E-state index in [0.29, 0.717) is 12.2 Å². The van der Waals surface area contributed by atoms with Gasteiger partial charge in [0.25, 0.3) is 0 Å². The Morgan fingerprint density at radius 2 is 1.83 bits per heavy atom. The maximum Gasteiger partial charge on any atom is 0.322 e. The molecule has 2 amide bonds. The predicted octanol–water partition coefficient (Wildman–Crippen LogP) is 3.09. The molecule has 7 nitrogen and oxygen atoms in total. The molecule has 1 aliphatic heterocycles. The first kappa shape index (κ1) is 19.4. The Hall–Kier alpha value is -2.93. The van der Waals surface area contributed by atoms with Crippen molar-refractivity contribution in [1.29, 1.82) is 5.41 Å². The van der Waals surface area contributed by atoms with E-state index in [4.69, 9.17) is 10.6 Å². The van der Waals surface area contributed by atoms with Crippen LogP contribution < -0.4 is 5.32 Å². The van der Waals surface area contributed by atoms with Gasteiger partial charge >= 0.3 is 6.03 Å². The normalized spacial score (nSPS) is 30.9. The van der Waals surface area contributed by atoms with Crippen molar-refractivity contribution in [2.45, 2.75) is 36.8 Å². The van der Waals surface area contributed by atoms with Crippen LogP contribution in [0, 0.1) is 5.41 Å². The van der Waals surface area contributed by atoms with Gasteiger partial charge in [-0.3, -0.25) is 15.2 Å².